The van der Waals surface area contributed by atoms with Gasteiger partial charge in [0, 0.05) is 7.05 Å². The minimum Gasteiger partial charge on any atom is -0.477 e. The van der Waals surface area contributed by atoms with Gasteiger partial charge in [-0.2, -0.15) is 5.10 Å². The van der Waals surface area contributed by atoms with E-state index in [2.05, 4.69) is 15.7 Å². The van der Waals surface area contributed by atoms with Gasteiger partial charge in [0.2, 0.25) is 5.91 Å². The van der Waals surface area contributed by atoms with Gasteiger partial charge in [-0.15, -0.1) is 0 Å². The Labute approximate surface area is 180 Å². The predicted octanol–water partition coefficient (Wildman–Crippen LogP) is 2.44. The lowest BCUT2D eigenvalue weighted by atomic mass is 10.1. The van der Waals surface area contributed by atoms with Gasteiger partial charge in [-0.1, -0.05) is 30.3 Å². The van der Waals surface area contributed by atoms with E-state index in [0.717, 1.165) is 22.8 Å². The second-order valence-electron chi connectivity index (χ2n) is 7.41. The Morgan fingerprint density at radius 3 is 2.55 bits per heavy atom. The minimum absolute atomic E-state index is 0.0866. The van der Waals surface area contributed by atoms with E-state index in [1.165, 1.54) is 0 Å². The molecule has 1 atom stereocenters. The van der Waals surface area contributed by atoms with Gasteiger partial charge < -0.3 is 20.3 Å². The summed E-state index contributed by atoms with van der Waals surface area (Å²) in [6.45, 7) is 4.16. The topological polar surface area (TPSA) is 88.5 Å². The van der Waals surface area contributed by atoms with Gasteiger partial charge in [0.05, 0.1) is 41.5 Å². The van der Waals surface area contributed by atoms with Gasteiger partial charge in [-0.25, -0.2) is 4.68 Å². The van der Waals surface area contributed by atoms with Crippen molar-refractivity contribution in [2.24, 2.45) is 0 Å². The second kappa shape index (κ2) is 8.51. The number of para-hydroxylation sites is 3. The summed E-state index contributed by atoms with van der Waals surface area (Å²) in [4.78, 5) is 27.0. The van der Waals surface area contributed by atoms with E-state index in [0.29, 0.717) is 11.4 Å². The minimum atomic E-state index is -0.683. The number of likely N-dealkylation sites (N-methyl/N-ethyl adjacent to an activating group) is 1. The number of aryl methyl sites for hydroxylation is 1. The fourth-order valence-corrected chi connectivity index (χ4v) is 3.75. The van der Waals surface area contributed by atoms with Crippen LogP contribution in [0.5, 0.6) is 5.75 Å². The molecule has 0 saturated carbocycles. The number of carbonyl (C=O) groups excluding carboxylic acids is 2. The maximum absolute atomic E-state index is 13.0. The van der Waals surface area contributed by atoms with Crippen LogP contribution in [0.3, 0.4) is 0 Å². The molecule has 0 bridgehead atoms. The monoisotopic (exact) mass is 419 g/mol. The van der Waals surface area contributed by atoms with Crippen molar-refractivity contribution in [2.45, 2.75) is 20.0 Å². The fraction of sp³-hybridized carbons (Fsp3) is 0.261. The Bertz CT molecular complexity index is 1110. The van der Waals surface area contributed by atoms with Gasteiger partial charge in [-0.3, -0.25) is 9.59 Å². The molecular weight excluding hydrogens is 394 g/mol. The third kappa shape index (κ3) is 4.09. The average molecular weight is 419 g/mol. The summed E-state index contributed by atoms with van der Waals surface area (Å²) in [5.41, 5.74) is 3.99. The summed E-state index contributed by atoms with van der Waals surface area (Å²) < 4.78 is 7.62. The van der Waals surface area contributed by atoms with Crippen LogP contribution in [0.2, 0.25) is 0 Å². The number of aromatic nitrogens is 2. The van der Waals surface area contributed by atoms with Crippen molar-refractivity contribution < 1.29 is 14.3 Å². The SMILES string of the molecule is CNC(=O)[C@@H]1CN(CC(=O)Nc2c(C)nn(-c3ccccc3)c2C)c2ccccc2O1. The van der Waals surface area contributed by atoms with Crippen molar-refractivity contribution in [3.05, 3.63) is 66.0 Å². The van der Waals surface area contributed by atoms with Crippen LogP contribution < -0.4 is 20.3 Å². The van der Waals surface area contributed by atoms with Crippen LogP contribution >= 0.6 is 0 Å². The number of rotatable bonds is 5. The maximum atomic E-state index is 13.0. The number of amides is 2. The summed E-state index contributed by atoms with van der Waals surface area (Å²) in [5.74, 6) is 0.168. The number of nitrogens with one attached hydrogen (secondary N) is 2. The Hall–Kier alpha value is -3.81. The summed E-state index contributed by atoms with van der Waals surface area (Å²) in [6, 6.07) is 17.2. The normalized spacial score (nSPS) is 15.1. The molecule has 0 saturated heterocycles. The van der Waals surface area contributed by atoms with Crippen molar-refractivity contribution in [2.75, 3.05) is 30.4 Å². The van der Waals surface area contributed by atoms with Crippen LogP contribution in [-0.2, 0) is 9.59 Å². The lowest BCUT2D eigenvalue weighted by molar-refractivity contribution is -0.127. The molecule has 1 aromatic heterocycles. The number of hydrogen-bond donors (Lipinski definition) is 2. The summed E-state index contributed by atoms with van der Waals surface area (Å²) in [5, 5.41) is 10.2. The van der Waals surface area contributed by atoms with E-state index in [1.807, 2.05) is 72.0 Å². The number of benzene rings is 2. The molecule has 3 aromatic rings. The van der Waals surface area contributed by atoms with E-state index < -0.39 is 6.10 Å². The van der Waals surface area contributed by atoms with E-state index in [9.17, 15) is 9.59 Å². The first-order chi connectivity index (χ1) is 15.0. The highest BCUT2D eigenvalue weighted by molar-refractivity contribution is 5.96. The molecule has 2 N–H and O–H groups in total. The molecule has 1 aliphatic heterocycles. The first kappa shape index (κ1) is 20.5. The van der Waals surface area contributed by atoms with Gasteiger partial charge >= 0.3 is 0 Å². The van der Waals surface area contributed by atoms with E-state index in [-0.39, 0.29) is 24.9 Å². The summed E-state index contributed by atoms with van der Waals surface area (Å²) >= 11 is 0. The highest BCUT2D eigenvalue weighted by atomic mass is 16.5. The van der Waals surface area contributed by atoms with Crippen molar-refractivity contribution >= 4 is 23.2 Å². The third-order valence-corrected chi connectivity index (χ3v) is 5.29. The third-order valence-electron chi connectivity index (χ3n) is 5.29. The molecule has 8 heteroatoms. The van der Waals surface area contributed by atoms with E-state index in [4.69, 9.17) is 4.74 Å². The van der Waals surface area contributed by atoms with Crippen LogP contribution in [0, 0.1) is 13.8 Å². The smallest absolute Gasteiger partial charge is 0.262 e. The first-order valence-corrected chi connectivity index (χ1v) is 10.1. The molecule has 2 heterocycles. The van der Waals surface area contributed by atoms with Crippen molar-refractivity contribution in [1.82, 2.24) is 15.1 Å². The number of fused-ring (bicyclic) bond motifs is 1. The zero-order valence-corrected chi connectivity index (χ0v) is 17.8. The van der Waals surface area contributed by atoms with Crippen molar-refractivity contribution in [3.8, 4) is 11.4 Å². The highest BCUT2D eigenvalue weighted by Gasteiger charge is 2.31. The second-order valence-corrected chi connectivity index (χ2v) is 7.41. The molecule has 0 unspecified atom stereocenters. The molecule has 2 amide bonds. The summed E-state index contributed by atoms with van der Waals surface area (Å²) in [6.07, 6.45) is -0.683. The molecule has 4 rings (SSSR count). The Kier molecular flexibility index (Phi) is 5.62. The standard InChI is InChI=1S/C23H25N5O3/c1-15-22(16(2)28(26-15)17-9-5-4-6-10-17)25-21(29)14-27-13-20(23(30)24-3)31-19-12-8-7-11-18(19)27/h4-12,20H,13-14H2,1-3H3,(H,24,30)(H,25,29)/t20-/m0/s1. The van der Waals surface area contributed by atoms with Gasteiger partial charge in [0.1, 0.15) is 5.75 Å². The van der Waals surface area contributed by atoms with Crippen LogP contribution in [0.4, 0.5) is 11.4 Å². The van der Waals surface area contributed by atoms with Crippen LogP contribution in [0.1, 0.15) is 11.4 Å². The van der Waals surface area contributed by atoms with Gasteiger partial charge in [0.15, 0.2) is 6.10 Å². The molecule has 8 nitrogen and oxygen atoms in total. The quantitative estimate of drug-likeness (QED) is 0.663. The average Bonchev–Trinajstić information content (AvgIpc) is 3.07. The zero-order chi connectivity index (χ0) is 22.0. The Balaban J connectivity index is 1.54. The van der Waals surface area contributed by atoms with Crippen LogP contribution in [0.15, 0.2) is 54.6 Å². The van der Waals surface area contributed by atoms with Gasteiger partial charge in [-0.05, 0) is 38.1 Å². The number of carbonyl (C=O) groups is 2. The first-order valence-electron chi connectivity index (χ1n) is 10.1. The molecule has 0 fully saturated rings. The highest BCUT2D eigenvalue weighted by Crippen LogP contribution is 2.33. The van der Waals surface area contributed by atoms with Crippen molar-refractivity contribution in [1.29, 1.82) is 0 Å². The van der Waals surface area contributed by atoms with Crippen molar-refractivity contribution in [3.63, 3.8) is 0 Å². The molecule has 1 aliphatic rings. The van der Waals surface area contributed by atoms with Crippen LogP contribution in [-0.4, -0.2) is 47.8 Å². The summed E-state index contributed by atoms with van der Waals surface area (Å²) in [7, 11) is 1.57. The Morgan fingerprint density at radius 1 is 1.10 bits per heavy atom. The Morgan fingerprint density at radius 2 is 1.81 bits per heavy atom. The molecule has 0 spiro atoms. The predicted molar refractivity (Wildman–Crippen MR) is 119 cm³/mol. The molecule has 0 radical (unpaired) electrons. The lowest BCUT2D eigenvalue weighted by Gasteiger charge is -2.35. The molecule has 0 aliphatic carbocycles. The number of ether oxygens (including phenoxy) is 1. The fourth-order valence-electron chi connectivity index (χ4n) is 3.75. The van der Waals surface area contributed by atoms with E-state index >= 15 is 0 Å². The largest absolute Gasteiger partial charge is 0.477 e. The van der Waals surface area contributed by atoms with Crippen LogP contribution in [0.25, 0.3) is 5.69 Å². The number of anilines is 2. The number of hydrogen-bond acceptors (Lipinski definition) is 5. The maximum Gasteiger partial charge on any atom is 0.262 e. The molecule has 2 aromatic carbocycles. The molecule has 160 valence electrons. The van der Waals surface area contributed by atoms with E-state index in [1.54, 1.807) is 13.1 Å². The number of nitrogens with zero attached hydrogens (tertiary/aromatic N) is 3. The van der Waals surface area contributed by atoms with Gasteiger partial charge in [0.25, 0.3) is 5.91 Å². The zero-order valence-electron chi connectivity index (χ0n) is 17.8. The molecular formula is C23H25N5O3. The lowest BCUT2D eigenvalue weighted by Crippen LogP contribution is -2.50. The molecule has 31 heavy (non-hydrogen) atoms.